The molecule has 0 fully saturated rings. The maximum absolute atomic E-state index is 13.4. The Morgan fingerprint density at radius 2 is 2.15 bits per heavy atom. The van der Waals surface area contributed by atoms with Gasteiger partial charge in [0.1, 0.15) is 5.69 Å². The van der Waals surface area contributed by atoms with E-state index < -0.39 is 22.3 Å². The van der Waals surface area contributed by atoms with Gasteiger partial charge in [-0.2, -0.15) is 4.39 Å². The molecule has 1 amide bonds. The highest BCUT2D eigenvalue weighted by atomic mass is 79.9. The lowest BCUT2D eigenvalue weighted by molar-refractivity contribution is -0.387. The number of anilines is 1. The topological polar surface area (TPSA) is 77.2 Å². The summed E-state index contributed by atoms with van der Waals surface area (Å²) in [5, 5.41) is 13.0. The molecule has 0 atom stereocenters. The van der Waals surface area contributed by atoms with Crippen LogP contribution in [0, 0.1) is 15.9 Å². The number of carbonyl (C=O) groups excluding carboxylic acids is 1. The van der Waals surface area contributed by atoms with Gasteiger partial charge in [0.05, 0.1) is 4.92 Å². The number of hydrogen-bond acceptors (Lipinski definition) is 3. The summed E-state index contributed by atoms with van der Waals surface area (Å²) in [6.07, 6.45) is 1.70. The van der Waals surface area contributed by atoms with Crippen LogP contribution < -0.4 is 5.32 Å². The third kappa shape index (κ3) is 2.85. The van der Waals surface area contributed by atoms with Gasteiger partial charge in [0.15, 0.2) is 0 Å². The van der Waals surface area contributed by atoms with E-state index in [1.165, 1.54) is 6.07 Å². The van der Waals surface area contributed by atoms with Crippen molar-refractivity contribution in [1.29, 1.82) is 0 Å². The number of nitro groups is 1. The number of nitrogens with zero attached hydrogens (tertiary/aromatic N) is 2. The third-order valence-corrected chi connectivity index (χ3v) is 3.04. The number of aromatic nitrogens is 1. The zero-order valence-corrected chi connectivity index (χ0v) is 11.8. The van der Waals surface area contributed by atoms with Crippen LogP contribution >= 0.6 is 15.9 Å². The minimum atomic E-state index is -0.999. The van der Waals surface area contributed by atoms with Crippen LogP contribution in [0.25, 0.3) is 0 Å². The summed E-state index contributed by atoms with van der Waals surface area (Å²) >= 11 is 3.24. The molecule has 2 rings (SSSR count). The lowest BCUT2D eigenvalue weighted by Crippen LogP contribution is -2.15. The SMILES string of the molecule is Cn1cc(Br)cc1C(=O)Nc1ccc([N+](=O)[O-])c(F)c1. The fourth-order valence-electron chi connectivity index (χ4n) is 1.68. The molecule has 0 spiro atoms. The fourth-order valence-corrected chi connectivity index (χ4v) is 2.20. The van der Waals surface area contributed by atoms with Crippen molar-refractivity contribution in [3.63, 3.8) is 0 Å². The van der Waals surface area contributed by atoms with Crippen LogP contribution in [0.4, 0.5) is 15.8 Å². The normalized spacial score (nSPS) is 10.3. The Kier molecular flexibility index (Phi) is 3.84. The molecule has 20 heavy (non-hydrogen) atoms. The molecule has 0 radical (unpaired) electrons. The van der Waals surface area contributed by atoms with Crippen LogP contribution in [0.1, 0.15) is 10.5 Å². The Balaban J connectivity index is 2.22. The molecule has 8 heteroatoms. The van der Waals surface area contributed by atoms with E-state index in [1.807, 2.05) is 0 Å². The molecule has 1 heterocycles. The van der Waals surface area contributed by atoms with Crippen molar-refractivity contribution >= 4 is 33.2 Å². The molecule has 104 valence electrons. The Morgan fingerprint density at radius 1 is 1.45 bits per heavy atom. The van der Waals surface area contributed by atoms with Crippen LogP contribution in [-0.4, -0.2) is 15.4 Å². The van der Waals surface area contributed by atoms with Gasteiger partial charge < -0.3 is 9.88 Å². The van der Waals surface area contributed by atoms with Gasteiger partial charge in [-0.1, -0.05) is 0 Å². The van der Waals surface area contributed by atoms with Crippen molar-refractivity contribution < 1.29 is 14.1 Å². The smallest absolute Gasteiger partial charge is 0.304 e. The predicted molar refractivity (Wildman–Crippen MR) is 74.1 cm³/mol. The second-order valence-electron chi connectivity index (χ2n) is 4.03. The molecule has 0 aliphatic heterocycles. The molecule has 0 aliphatic rings. The number of rotatable bonds is 3. The van der Waals surface area contributed by atoms with Gasteiger partial charge in [0, 0.05) is 35.5 Å². The summed E-state index contributed by atoms with van der Waals surface area (Å²) in [7, 11) is 1.69. The zero-order chi connectivity index (χ0) is 14.9. The van der Waals surface area contributed by atoms with Gasteiger partial charge in [0.25, 0.3) is 5.91 Å². The molecule has 0 unspecified atom stereocenters. The molecule has 0 saturated heterocycles. The number of hydrogen-bond donors (Lipinski definition) is 1. The van der Waals surface area contributed by atoms with Gasteiger partial charge in [-0.05, 0) is 28.1 Å². The number of nitrogens with one attached hydrogen (secondary N) is 1. The third-order valence-electron chi connectivity index (χ3n) is 2.61. The van der Waals surface area contributed by atoms with Crippen molar-refractivity contribution in [3.05, 3.63) is 56.6 Å². The summed E-state index contributed by atoms with van der Waals surface area (Å²) in [6.45, 7) is 0. The standard InChI is InChI=1S/C12H9BrFN3O3/c1-16-6-7(13)4-11(16)12(18)15-8-2-3-10(17(19)20)9(14)5-8/h2-6H,1H3,(H,15,18). The van der Waals surface area contributed by atoms with E-state index in [4.69, 9.17) is 0 Å². The van der Waals surface area contributed by atoms with Crippen molar-refractivity contribution in [1.82, 2.24) is 4.57 Å². The first-order chi connectivity index (χ1) is 9.38. The number of aryl methyl sites for hydroxylation is 1. The highest BCUT2D eigenvalue weighted by Gasteiger charge is 2.16. The Hall–Kier alpha value is -2.22. The van der Waals surface area contributed by atoms with E-state index in [0.29, 0.717) is 5.69 Å². The molecule has 0 bridgehead atoms. The maximum atomic E-state index is 13.4. The predicted octanol–water partition coefficient (Wildman–Crippen LogP) is 3.09. The van der Waals surface area contributed by atoms with Crippen LogP contribution in [0.5, 0.6) is 0 Å². The minimum Gasteiger partial charge on any atom is -0.345 e. The van der Waals surface area contributed by atoms with Crippen LogP contribution in [0.2, 0.25) is 0 Å². The highest BCUT2D eigenvalue weighted by molar-refractivity contribution is 9.10. The number of amides is 1. The van der Waals surface area contributed by atoms with E-state index in [1.54, 1.807) is 23.9 Å². The summed E-state index contributed by atoms with van der Waals surface area (Å²) in [5.74, 6) is -1.44. The summed E-state index contributed by atoms with van der Waals surface area (Å²) < 4.78 is 15.8. The summed E-state index contributed by atoms with van der Waals surface area (Å²) in [6, 6.07) is 4.80. The monoisotopic (exact) mass is 341 g/mol. The van der Waals surface area contributed by atoms with E-state index in [-0.39, 0.29) is 5.69 Å². The van der Waals surface area contributed by atoms with Crippen LogP contribution in [-0.2, 0) is 7.05 Å². The Morgan fingerprint density at radius 3 is 2.65 bits per heavy atom. The van der Waals surface area contributed by atoms with E-state index in [2.05, 4.69) is 21.2 Å². The first kappa shape index (κ1) is 14.2. The summed E-state index contributed by atoms with van der Waals surface area (Å²) in [5.41, 5.74) is -0.115. The largest absolute Gasteiger partial charge is 0.345 e. The number of benzene rings is 1. The summed E-state index contributed by atoms with van der Waals surface area (Å²) in [4.78, 5) is 21.6. The lowest BCUT2D eigenvalue weighted by atomic mass is 10.2. The van der Waals surface area contributed by atoms with Crippen molar-refractivity contribution in [2.75, 3.05) is 5.32 Å². The molecule has 2 aromatic rings. The second kappa shape index (κ2) is 5.41. The van der Waals surface area contributed by atoms with Crippen molar-refractivity contribution in [3.8, 4) is 0 Å². The Bertz CT molecular complexity index is 699. The van der Waals surface area contributed by atoms with Crippen LogP contribution in [0.15, 0.2) is 34.9 Å². The molecular formula is C12H9BrFN3O3. The molecule has 1 aromatic heterocycles. The second-order valence-corrected chi connectivity index (χ2v) is 4.95. The number of halogens is 2. The zero-order valence-electron chi connectivity index (χ0n) is 10.3. The van der Waals surface area contributed by atoms with Crippen molar-refractivity contribution in [2.45, 2.75) is 0 Å². The van der Waals surface area contributed by atoms with E-state index >= 15 is 0 Å². The fraction of sp³-hybridized carbons (Fsp3) is 0.0833. The molecule has 6 nitrogen and oxygen atoms in total. The maximum Gasteiger partial charge on any atom is 0.304 e. The molecule has 0 aliphatic carbocycles. The highest BCUT2D eigenvalue weighted by Crippen LogP contribution is 2.22. The van der Waals surface area contributed by atoms with E-state index in [0.717, 1.165) is 16.6 Å². The molecule has 1 N–H and O–H groups in total. The van der Waals surface area contributed by atoms with Crippen molar-refractivity contribution in [2.24, 2.45) is 7.05 Å². The van der Waals surface area contributed by atoms with Gasteiger partial charge >= 0.3 is 5.69 Å². The van der Waals surface area contributed by atoms with Gasteiger partial charge in [-0.25, -0.2) is 0 Å². The average molecular weight is 342 g/mol. The quantitative estimate of drug-likeness (QED) is 0.688. The lowest BCUT2D eigenvalue weighted by Gasteiger charge is -2.06. The number of carbonyl (C=O) groups is 1. The van der Waals surface area contributed by atoms with Crippen LogP contribution in [0.3, 0.4) is 0 Å². The van der Waals surface area contributed by atoms with Gasteiger partial charge in [-0.15, -0.1) is 0 Å². The van der Waals surface area contributed by atoms with E-state index in [9.17, 15) is 19.3 Å². The first-order valence-corrected chi connectivity index (χ1v) is 6.25. The Labute approximate surface area is 121 Å². The first-order valence-electron chi connectivity index (χ1n) is 5.45. The van der Waals surface area contributed by atoms with Gasteiger partial charge in [-0.3, -0.25) is 14.9 Å². The minimum absolute atomic E-state index is 0.149. The average Bonchev–Trinajstić information content (AvgIpc) is 2.68. The molecule has 0 saturated carbocycles. The molecular weight excluding hydrogens is 333 g/mol. The molecule has 1 aromatic carbocycles. The number of nitro benzene ring substituents is 1. The van der Waals surface area contributed by atoms with Gasteiger partial charge in [0.2, 0.25) is 5.82 Å².